The van der Waals surface area contributed by atoms with E-state index in [4.69, 9.17) is 0 Å². The first-order valence-electron chi connectivity index (χ1n) is 9.74. The third-order valence-electron chi connectivity index (χ3n) is 5.58. The van der Waals surface area contributed by atoms with Crippen LogP contribution in [0.25, 0.3) is 0 Å². The van der Waals surface area contributed by atoms with Crippen molar-refractivity contribution < 1.29 is 9.18 Å². The molecule has 0 spiro atoms. The SMILES string of the molecule is CCN1c2cc(C)c(/C=N\NC(=O)c3ccccc3F)cc2C(C)CC1(C)C. The number of fused-ring (bicyclic) bond motifs is 1. The standard InChI is InChI=1S/C23H28FN3O/c1-6-27-21-11-15(2)17(12-19(21)16(3)13-23(27,4)5)14-25-26-22(28)18-9-7-8-10-20(18)24/h7-12,14,16H,6,13H2,1-5H3,(H,26,28)/b25-14-. The van der Waals surface area contributed by atoms with Crippen molar-refractivity contribution in [2.24, 2.45) is 5.10 Å². The molecule has 1 amide bonds. The predicted molar refractivity (Wildman–Crippen MR) is 113 cm³/mol. The molecule has 0 saturated carbocycles. The lowest BCUT2D eigenvalue weighted by Gasteiger charge is -2.47. The van der Waals surface area contributed by atoms with Crippen LogP contribution in [-0.2, 0) is 0 Å². The van der Waals surface area contributed by atoms with Gasteiger partial charge in [-0.2, -0.15) is 5.10 Å². The Balaban J connectivity index is 1.84. The fraction of sp³-hybridized carbons (Fsp3) is 0.391. The van der Waals surface area contributed by atoms with E-state index < -0.39 is 11.7 Å². The highest BCUT2D eigenvalue weighted by atomic mass is 19.1. The van der Waals surface area contributed by atoms with E-state index in [1.54, 1.807) is 18.3 Å². The Morgan fingerprint density at radius 3 is 2.75 bits per heavy atom. The van der Waals surface area contributed by atoms with Gasteiger partial charge < -0.3 is 4.90 Å². The molecule has 1 atom stereocenters. The zero-order valence-corrected chi connectivity index (χ0v) is 17.2. The quantitative estimate of drug-likeness (QED) is 0.598. The Morgan fingerprint density at radius 1 is 1.36 bits per heavy atom. The van der Waals surface area contributed by atoms with Gasteiger partial charge in [-0.15, -0.1) is 0 Å². The lowest BCUT2D eigenvalue weighted by atomic mass is 9.79. The van der Waals surface area contributed by atoms with Crippen LogP contribution in [0.5, 0.6) is 0 Å². The smallest absolute Gasteiger partial charge is 0.274 e. The first kappa shape index (κ1) is 20.1. The van der Waals surface area contributed by atoms with Gasteiger partial charge in [0.2, 0.25) is 0 Å². The van der Waals surface area contributed by atoms with Crippen molar-refractivity contribution in [2.75, 3.05) is 11.4 Å². The average molecular weight is 381 g/mol. The fourth-order valence-electron chi connectivity index (χ4n) is 4.25. The highest BCUT2D eigenvalue weighted by Crippen LogP contribution is 2.43. The number of nitrogens with zero attached hydrogens (tertiary/aromatic N) is 2. The molecule has 0 saturated heterocycles. The summed E-state index contributed by atoms with van der Waals surface area (Å²) in [5, 5.41) is 4.06. The Morgan fingerprint density at radius 2 is 2.07 bits per heavy atom. The lowest BCUT2D eigenvalue weighted by Crippen LogP contribution is -2.48. The van der Waals surface area contributed by atoms with E-state index in [0.717, 1.165) is 24.1 Å². The molecule has 5 heteroatoms. The van der Waals surface area contributed by atoms with E-state index in [-0.39, 0.29) is 11.1 Å². The van der Waals surface area contributed by atoms with Crippen LogP contribution in [0.15, 0.2) is 41.5 Å². The number of aryl methyl sites for hydroxylation is 1. The Hall–Kier alpha value is -2.69. The summed E-state index contributed by atoms with van der Waals surface area (Å²) in [7, 11) is 0. The second kappa shape index (κ2) is 7.74. The van der Waals surface area contributed by atoms with Crippen LogP contribution >= 0.6 is 0 Å². The first-order valence-corrected chi connectivity index (χ1v) is 9.74. The van der Waals surface area contributed by atoms with Gasteiger partial charge in [-0.1, -0.05) is 19.1 Å². The molecule has 0 fully saturated rings. The summed E-state index contributed by atoms with van der Waals surface area (Å²) >= 11 is 0. The van der Waals surface area contributed by atoms with Gasteiger partial charge in [0.1, 0.15) is 5.82 Å². The summed E-state index contributed by atoms with van der Waals surface area (Å²) in [6, 6.07) is 10.2. The minimum atomic E-state index is -0.559. The zero-order valence-electron chi connectivity index (χ0n) is 17.2. The normalized spacial score (nSPS) is 18.2. The molecule has 2 aromatic rings. The highest BCUT2D eigenvalue weighted by molar-refractivity contribution is 5.95. The largest absolute Gasteiger partial charge is 0.366 e. The fourth-order valence-corrected chi connectivity index (χ4v) is 4.25. The van der Waals surface area contributed by atoms with Gasteiger partial charge in [-0.05, 0) is 81.0 Å². The maximum atomic E-state index is 13.7. The number of hydrogen-bond donors (Lipinski definition) is 1. The summed E-state index contributed by atoms with van der Waals surface area (Å²) in [6.07, 6.45) is 2.72. The van der Waals surface area contributed by atoms with E-state index in [1.807, 2.05) is 6.92 Å². The molecule has 1 aliphatic heterocycles. The topological polar surface area (TPSA) is 44.7 Å². The van der Waals surface area contributed by atoms with E-state index in [0.29, 0.717) is 5.92 Å². The van der Waals surface area contributed by atoms with Gasteiger partial charge in [0.25, 0.3) is 5.91 Å². The lowest BCUT2D eigenvalue weighted by molar-refractivity contribution is 0.0951. The summed E-state index contributed by atoms with van der Waals surface area (Å²) in [5.41, 5.74) is 7.14. The zero-order chi connectivity index (χ0) is 20.5. The molecule has 148 valence electrons. The molecule has 1 aliphatic rings. The second-order valence-electron chi connectivity index (χ2n) is 8.11. The number of rotatable bonds is 4. The summed E-state index contributed by atoms with van der Waals surface area (Å²) in [6.45, 7) is 12.0. The number of carbonyl (C=O) groups excluding carboxylic acids is 1. The number of carbonyl (C=O) groups is 1. The van der Waals surface area contributed by atoms with Gasteiger partial charge in [-0.3, -0.25) is 4.79 Å². The first-order chi connectivity index (χ1) is 13.2. The van der Waals surface area contributed by atoms with E-state index in [9.17, 15) is 9.18 Å². The molecule has 1 heterocycles. The van der Waals surface area contributed by atoms with Crippen LogP contribution in [0.1, 0.15) is 67.1 Å². The van der Waals surface area contributed by atoms with Crippen LogP contribution < -0.4 is 10.3 Å². The van der Waals surface area contributed by atoms with Crippen molar-refractivity contribution in [3.63, 3.8) is 0 Å². The van der Waals surface area contributed by atoms with Gasteiger partial charge >= 0.3 is 0 Å². The number of amides is 1. The molecule has 28 heavy (non-hydrogen) atoms. The molecule has 0 radical (unpaired) electrons. The highest BCUT2D eigenvalue weighted by Gasteiger charge is 2.35. The Kier molecular flexibility index (Phi) is 5.54. The van der Waals surface area contributed by atoms with Crippen LogP contribution in [0.3, 0.4) is 0 Å². The van der Waals surface area contributed by atoms with Crippen LogP contribution in [0.2, 0.25) is 0 Å². The molecule has 1 N–H and O–H groups in total. The molecule has 0 aromatic heterocycles. The van der Waals surface area contributed by atoms with E-state index >= 15 is 0 Å². The predicted octanol–water partition coefficient (Wildman–Crippen LogP) is 5.01. The summed E-state index contributed by atoms with van der Waals surface area (Å²) in [4.78, 5) is 14.6. The Bertz CT molecular complexity index is 920. The third-order valence-corrected chi connectivity index (χ3v) is 5.58. The molecular weight excluding hydrogens is 353 g/mol. The molecular formula is C23H28FN3O. The van der Waals surface area contributed by atoms with Crippen LogP contribution in [-0.4, -0.2) is 24.2 Å². The van der Waals surface area contributed by atoms with Gasteiger partial charge in [0.15, 0.2) is 0 Å². The van der Waals surface area contributed by atoms with Crippen molar-refractivity contribution in [1.29, 1.82) is 0 Å². The summed E-state index contributed by atoms with van der Waals surface area (Å²) in [5.74, 6) is -0.679. The number of anilines is 1. The summed E-state index contributed by atoms with van der Waals surface area (Å²) < 4.78 is 13.7. The van der Waals surface area contributed by atoms with Crippen LogP contribution in [0, 0.1) is 12.7 Å². The van der Waals surface area contributed by atoms with Gasteiger partial charge in [0.05, 0.1) is 11.8 Å². The van der Waals surface area contributed by atoms with Gasteiger partial charge in [-0.25, -0.2) is 9.82 Å². The monoisotopic (exact) mass is 381 g/mol. The number of benzene rings is 2. The third kappa shape index (κ3) is 3.79. The van der Waals surface area contributed by atoms with Crippen molar-refractivity contribution in [3.05, 3.63) is 64.5 Å². The van der Waals surface area contributed by atoms with Crippen LogP contribution in [0.4, 0.5) is 10.1 Å². The minimum absolute atomic E-state index is 0.0174. The van der Waals surface area contributed by atoms with Crippen molar-refractivity contribution in [2.45, 2.75) is 52.5 Å². The number of hydrazone groups is 1. The molecule has 1 unspecified atom stereocenters. The Labute approximate surface area is 166 Å². The maximum Gasteiger partial charge on any atom is 0.274 e. The number of nitrogens with one attached hydrogen (secondary N) is 1. The van der Waals surface area contributed by atoms with Gasteiger partial charge in [0, 0.05) is 17.8 Å². The molecule has 4 nitrogen and oxygen atoms in total. The van der Waals surface area contributed by atoms with Crippen molar-refractivity contribution in [3.8, 4) is 0 Å². The molecule has 2 aromatic carbocycles. The van der Waals surface area contributed by atoms with Crippen molar-refractivity contribution >= 4 is 17.8 Å². The van der Waals surface area contributed by atoms with Crippen molar-refractivity contribution in [1.82, 2.24) is 5.43 Å². The molecule has 3 rings (SSSR count). The molecule has 0 aliphatic carbocycles. The van der Waals surface area contributed by atoms with E-state index in [2.05, 4.69) is 55.3 Å². The average Bonchev–Trinajstić information content (AvgIpc) is 2.62. The molecule has 0 bridgehead atoms. The minimum Gasteiger partial charge on any atom is -0.366 e. The maximum absolute atomic E-state index is 13.7. The number of halogens is 1. The number of hydrogen-bond acceptors (Lipinski definition) is 3. The second-order valence-corrected chi connectivity index (χ2v) is 8.11. The van der Waals surface area contributed by atoms with E-state index in [1.165, 1.54) is 23.4 Å².